The number of nitrogens with zero attached hydrogens (tertiary/aromatic N) is 4. The first-order chi connectivity index (χ1) is 13.3. The van der Waals surface area contributed by atoms with Gasteiger partial charge in [0, 0.05) is 43.2 Å². The van der Waals surface area contributed by atoms with Gasteiger partial charge in [0.05, 0.1) is 17.3 Å². The van der Waals surface area contributed by atoms with Gasteiger partial charge < -0.3 is 15.5 Å². The molecule has 2 N–H and O–H groups in total. The smallest absolute Gasteiger partial charge is 0.354 e. The molecule has 0 unspecified atom stereocenters. The lowest BCUT2D eigenvalue weighted by atomic mass is 9.89. The van der Waals surface area contributed by atoms with Crippen molar-refractivity contribution in [1.29, 1.82) is 0 Å². The Balaban J connectivity index is 1.83. The summed E-state index contributed by atoms with van der Waals surface area (Å²) in [6.07, 6.45) is -4.23. The molecule has 0 radical (unpaired) electrons. The van der Waals surface area contributed by atoms with Crippen LogP contribution in [-0.2, 0) is 4.79 Å². The van der Waals surface area contributed by atoms with E-state index in [-0.39, 0.29) is 22.8 Å². The highest BCUT2D eigenvalue weighted by atomic mass is 35.5. The summed E-state index contributed by atoms with van der Waals surface area (Å²) in [5.41, 5.74) is 0.0481. The molecule has 0 bridgehead atoms. The molecule has 1 atom stereocenters. The van der Waals surface area contributed by atoms with Gasteiger partial charge in [-0.05, 0) is 12.1 Å². The maximum absolute atomic E-state index is 13.6. The van der Waals surface area contributed by atoms with Crippen molar-refractivity contribution < 1.29 is 18.0 Å². The summed E-state index contributed by atoms with van der Waals surface area (Å²) in [6, 6.07) is 3.15. The zero-order valence-corrected chi connectivity index (χ0v) is 15.3. The van der Waals surface area contributed by atoms with Gasteiger partial charge in [-0.2, -0.15) is 13.2 Å². The quantitative estimate of drug-likeness (QED) is 0.789. The molecule has 11 heteroatoms. The first-order valence-corrected chi connectivity index (χ1v) is 9.06. The number of hydrogen-bond acceptors (Lipinski definition) is 6. The molecule has 148 valence electrons. The van der Waals surface area contributed by atoms with Gasteiger partial charge in [0.25, 0.3) is 0 Å². The number of hydrogen-bond donors (Lipinski definition) is 2. The van der Waals surface area contributed by atoms with Gasteiger partial charge in [-0.15, -0.1) is 0 Å². The van der Waals surface area contributed by atoms with Crippen LogP contribution >= 0.6 is 11.6 Å². The van der Waals surface area contributed by atoms with Crippen molar-refractivity contribution in [3.05, 3.63) is 29.0 Å². The molecule has 0 aliphatic carbocycles. The van der Waals surface area contributed by atoms with Crippen LogP contribution in [0.15, 0.2) is 18.5 Å². The van der Waals surface area contributed by atoms with Gasteiger partial charge in [0.15, 0.2) is 0 Å². The number of aromatic nitrogens is 3. The lowest BCUT2D eigenvalue weighted by Gasteiger charge is -2.30. The summed E-state index contributed by atoms with van der Waals surface area (Å²) in [7, 11) is 0. The van der Waals surface area contributed by atoms with Gasteiger partial charge in [0.2, 0.25) is 5.91 Å². The van der Waals surface area contributed by atoms with Crippen molar-refractivity contribution in [2.45, 2.75) is 18.5 Å². The van der Waals surface area contributed by atoms with Gasteiger partial charge >= 0.3 is 6.18 Å². The van der Waals surface area contributed by atoms with Gasteiger partial charge in [-0.25, -0.2) is 15.0 Å². The Bertz CT molecular complexity index is 916. The van der Waals surface area contributed by atoms with E-state index in [4.69, 9.17) is 11.6 Å². The number of pyridine rings is 1. The van der Waals surface area contributed by atoms with Crippen molar-refractivity contribution in [3.63, 3.8) is 0 Å². The maximum atomic E-state index is 13.6. The molecule has 28 heavy (non-hydrogen) atoms. The molecule has 4 heterocycles. The molecule has 1 saturated heterocycles. The lowest BCUT2D eigenvalue weighted by molar-refractivity contribution is -0.156. The first kappa shape index (κ1) is 18.9. The summed E-state index contributed by atoms with van der Waals surface area (Å²) in [4.78, 5) is 26.1. The number of fused-ring (bicyclic) bond motifs is 1. The second-order valence-electron chi connectivity index (χ2n) is 6.60. The molecule has 2 aliphatic rings. The van der Waals surface area contributed by atoms with Crippen LogP contribution in [0.2, 0.25) is 5.02 Å². The molecule has 0 aromatic carbocycles. The SMILES string of the molecule is O=C1C[C@@H](C(F)(F)F)c2c(ncnc2-c2cc(Cl)cc(N3CCNCC3)n2)N1. The van der Waals surface area contributed by atoms with E-state index < -0.39 is 24.4 Å². The Labute approximate surface area is 163 Å². The molecule has 2 aromatic heterocycles. The van der Waals surface area contributed by atoms with E-state index in [1.807, 2.05) is 4.90 Å². The second-order valence-corrected chi connectivity index (χ2v) is 7.03. The molecule has 2 aliphatic heterocycles. The van der Waals surface area contributed by atoms with Gasteiger partial charge in [-0.3, -0.25) is 4.79 Å². The zero-order chi connectivity index (χ0) is 19.9. The molecular formula is C17H16ClF3N6O. The number of halogens is 4. The molecule has 1 amide bonds. The van der Waals surface area contributed by atoms with Crippen LogP contribution in [0.5, 0.6) is 0 Å². The highest BCUT2D eigenvalue weighted by Gasteiger charge is 2.47. The fourth-order valence-electron chi connectivity index (χ4n) is 3.44. The molecular weight excluding hydrogens is 397 g/mol. The normalized spacial score (nSPS) is 19.9. The largest absolute Gasteiger partial charge is 0.396 e. The number of piperazine rings is 1. The lowest BCUT2D eigenvalue weighted by Crippen LogP contribution is -2.43. The zero-order valence-electron chi connectivity index (χ0n) is 14.6. The average Bonchev–Trinajstić information content (AvgIpc) is 2.66. The summed E-state index contributed by atoms with van der Waals surface area (Å²) in [6.45, 7) is 2.95. The summed E-state index contributed by atoms with van der Waals surface area (Å²) in [5, 5.41) is 5.96. The number of anilines is 2. The molecule has 0 spiro atoms. The molecule has 0 saturated carbocycles. The number of carbonyl (C=O) groups is 1. The van der Waals surface area contributed by atoms with Crippen LogP contribution in [0.3, 0.4) is 0 Å². The Morgan fingerprint density at radius 3 is 2.64 bits per heavy atom. The highest BCUT2D eigenvalue weighted by Crippen LogP contribution is 2.46. The van der Waals surface area contributed by atoms with Gasteiger partial charge in [-0.1, -0.05) is 11.6 Å². The number of alkyl halides is 3. The van der Waals surface area contributed by atoms with Crippen molar-refractivity contribution in [3.8, 4) is 11.4 Å². The van der Waals surface area contributed by atoms with E-state index in [1.165, 1.54) is 6.07 Å². The Hall–Kier alpha value is -2.46. The Kier molecular flexibility index (Phi) is 4.84. The van der Waals surface area contributed by atoms with E-state index in [9.17, 15) is 18.0 Å². The minimum absolute atomic E-state index is 0.0196. The van der Waals surface area contributed by atoms with Crippen molar-refractivity contribution in [2.24, 2.45) is 0 Å². The monoisotopic (exact) mass is 412 g/mol. The molecule has 2 aromatic rings. The Morgan fingerprint density at radius 2 is 1.93 bits per heavy atom. The predicted molar refractivity (Wildman–Crippen MR) is 97.4 cm³/mol. The number of carbonyl (C=O) groups excluding carboxylic acids is 1. The molecule has 1 fully saturated rings. The first-order valence-electron chi connectivity index (χ1n) is 8.68. The summed E-state index contributed by atoms with van der Waals surface area (Å²) < 4.78 is 40.9. The highest BCUT2D eigenvalue weighted by molar-refractivity contribution is 6.31. The number of amides is 1. The third kappa shape index (κ3) is 3.61. The van der Waals surface area contributed by atoms with E-state index in [2.05, 4.69) is 25.6 Å². The summed E-state index contributed by atoms with van der Waals surface area (Å²) in [5.74, 6) is -2.32. The van der Waals surface area contributed by atoms with Crippen LogP contribution in [0, 0.1) is 0 Å². The van der Waals surface area contributed by atoms with Crippen LogP contribution in [0.25, 0.3) is 11.4 Å². The third-order valence-electron chi connectivity index (χ3n) is 4.74. The predicted octanol–water partition coefficient (Wildman–Crippen LogP) is 2.59. The van der Waals surface area contributed by atoms with Crippen molar-refractivity contribution >= 4 is 29.1 Å². The fraction of sp³-hybridized carbons (Fsp3) is 0.412. The average molecular weight is 413 g/mol. The number of nitrogens with one attached hydrogen (secondary N) is 2. The van der Waals surface area contributed by atoms with Crippen molar-refractivity contribution in [1.82, 2.24) is 20.3 Å². The molecule has 7 nitrogen and oxygen atoms in total. The van der Waals surface area contributed by atoms with E-state index in [1.54, 1.807) is 6.07 Å². The second kappa shape index (κ2) is 7.17. The summed E-state index contributed by atoms with van der Waals surface area (Å²) >= 11 is 6.23. The molecule has 4 rings (SSSR count). The van der Waals surface area contributed by atoms with E-state index in [0.29, 0.717) is 23.9 Å². The van der Waals surface area contributed by atoms with E-state index >= 15 is 0 Å². The van der Waals surface area contributed by atoms with Crippen LogP contribution in [0.1, 0.15) is 17.9 Å². The minimum Gasteiger partial charge on any atom is -0.354 e. The Morgan fingerprint density at radius 1 is 1.18 bits per heavy atom. The third-order valence-corrected chi connectivity index (χ3v) is 4.95. The van der Waals surface area contributed by atoms with Crippen LogP contribution < -0.4 is 15.5 Å². The van der Waals surface area contributed by atoms with Crippen LogP contribution in [0.4, 0.5) is 24.8 Å². The minimum atomic E-state index is -4.62. The van der Waals surface area contributed by atoms with Crippen molar-refractivity contribution in [2.75, 3.05) is 36.4 Å². The number of rotatable bonds is 2. The van der Waals surface area contributed by atoms with E-state index in [0.717, 1.165) is 19.4 Å². The fourth-order valence-corrected chi connectivity index (χ4v) is 3.64. The van der Waals surface area contributed by atoms with Gasteiger partial charge in [0.1, 0.15) is 18.0 Å². The van der Waals surface area contributed by atoms with Crippen LogP contribution in [-0.4, -0.2) is 53.2 Å². The maximum Gasteiger partial charge on any atom is 0.396 e. The standard InChI is InChI=1S/C17H16ClF3N6O/c18-9-5-11(25-12(6-9)27-3-1-22-2-4-27)15-14-10(17(19,20)21)7-13(28)26-16(14)24-8-23-15/h5-6,8,10,22H,1-4,7H2,(H,23,24,26,28)/t10-/m1/s1. The topological polar surface area (TPSA) is 83.0 Å².